The second kappa shape index (κ2) is 3.54. The van der Waals surface area contributed by atoms with E-state index in [1.54, 1.807) is 18.6 Å². The summed E-state index contributed by atoms with van der Waals surface area (Å²) in [6.45, 7) is 4.09. The first-order valence-corrected chi connectivity index (χ1v) is 4.48. The van der Waals surface area contributed by atoms with Gasteiger partial charge in [0, 0.05) is 18.0 Å². The van der Waals surface area contributed by atoms with E-state index >= 15 is 0 Å². The van der Waals surface area contributed by atoms with Gasteiger partial charge < -0.3 is 0 Å². The van der Waals surface area contributed by atoms with Crippen molar-refractivity contribution in [3.8, 4) is 11.3 Å². The lowest BCUT2D eigenvalue weighted by atomic mass is 10.1. The van der Waals surface area contributed by atoms with Crippen molar-refractivity contribution < 1.29 is 0 Å². The Bertz CT molecular complexity index is 438. The number of hydrogen-bond donors (Lipinski definition) is 0. The molecule has 0 radical (unpaired) electrons. The summed E-state index contributed by atoms with van der Waals surface area (Å²) in [6, 6.07) is 3.88. The van der Waals surface area contributed by atoms with Crippen molar-refractivity contribution in [2.45, 2.75) is 13.8 Å². The summed E-state index contributed by atoms with van der Waals surface area (Å²) in [5, 5.41) is 8.08. The Hall–Kier alpha value is -1.77. The highest BCUT2D eigenvalue weighted by atomic mass is 15.1. The second-order valence-corrected chi connectivity index (χ2v) is 3.24. The third-order valence-electron chi connectivity index (χ3n) is 2.31. The van der Waals surface area contributed by atoms with Gasteiger partial charge in [0.15, 0.2) is 0 Å². The molecule has 0 aromatic carbocycles. The number of hydrogen-bond acceptors (Lipinski definition) is 3. The highest BCUT2D eigenvalue weighted by Crippen LogP contribution is 2.20. The standard InChI is InChI=1S/C11H11N3/c1-8-7-13-14-11(9(8)2)10-3-5-12-6-4-10/h3-7H,1-2H3. The van der Waals surface area contributed by atoms with Gasteiger partial charge in [0.1, 0.15) is 0 Å². The molecule has 2 heterocycles. The van der Waals surface area contributed by atoms with Crippen LogP contribution in [0.15, 0.2) is 30.7 Å². The van der Waals surface area contributed by atoms with E-state index in [9.17, 15) is 0 Å². The fourth-order valence-corrected chi connectivity index (χ4v) is 1.32. The van der Waals surface area contributed by atoms with E-state index in [-0.39, 0.29) is 0 Å². The van der Waals surface area contributed by atoms with Crippen LogP contribution in [0.1, 0.15) is 11.1 Å². The van der Waals surface area contributed by atoms with Crippen LogP contribution in [-0.2, 0) is 0 Å². The predicted octanol–water partition coefficient (Wildman–Crippen LogP) is 2.16. The lowest BCUT2D eigenvalue weighted by molar-refractivity contribution is 1.00. The highest BCUT2D eigenvalue weighted by Gasteiger charge is 2.04. The summed E-state index contributed by atoms with van der Waals surface area (Å²) in [5.74, 6) is 0. The Labute approximate surface area is 82.8 Å². The maximum atomic E-state index is 4.13. The zero-order valence-electron chi connectivity index (χ0n) is 8.23. The number of pyridine rings is 1. The molecule has 0 bridgehead atoms. The molecule has 70 valence electrons. The van der Waals surface area contributed by atoms with E-state index in [4.69, 9.17) is 0 Å². The van der Waals surface area contributed by atoms with Crippen molar-refractivity contribution in [2.24, 2.45) is 0 Å². The minimum atomic E-state index is 0.937. The Morgan fingerprint density at radius 2 is 1.79 bits per heavy atom. The summed E-state index contributed by atoms with van der Waals surface area (Å²) in [5.41, 5.74) is 4.33. The maximum Gasteiger partial charge on any atom is 0.0962 e. The first-order chi connectivity index (χ1) is 6.79. The third-order valence-corrected chi connectivity index (χ3v) is 2.31. The van der Waals surface area contributed by atoms with E-state index in [0.29, 0.717) is 0 Å². The number of aromatic nitrogens is 3. The first-order valence-electron chi connectivity index (χ1n) is 4.48. The molecule has 0 unspecified atom stereocenters. The van der Waals surface area contributed by atoms with Crippen LogP contribution in [0.4, 0.5) is 0 Å². The van der Waals surface area contributed by atoms with E-state index in [1.807, 2.05) is 19.1 Å². The van der Waals surface area contributed by atoms with E-state index in [0.717, 1.165) is 16.8 Å². The van der Waals surface area contributed by atoms with Gasteiger partial charge in [-0.3, -0.25) is 4.98 Å². The molecule has 2 rings (SSSR count). The van der Waals surface area contributed by atoms with E-state index < -0.39 is 0 Å². The van der Waals surface area contributed by atoms with Gasteiger partial charge in [0.05, 0.1) is 11.9 Å². The fourth-order valence-electron chi connectivity index (χ4n) is 1.32. The van der Waals surface area contributed by atoms with Gasteiger partial charge in [0.25, 0.3) is 0 Å². The molecule has 3 nitrogen and oxygen atoms in total. The Morgan fingerprint density at radius 1 is 1.07 bits per heavy atom. The largest absolute Gasteiger partial charge is 0.265 e. The molecule has 0 fully saturated rings. The molecule has 0 aliphatic rings. The van der Waals surface area contributed by atoms with Crippen molar-refractivity contribution in [1.82, 2.24) is 15.2 Å². The monoisotopic (exact) mass is 185 g/mol. The smallest absolute Gasteiger partial charge is 0.0962 e. The van der Waals surface area contributed by atoms with Gasteiger partial charge in [-0.15, -0.1) is 0 Å². The average Bonchev–Trinajstić information content (AvgIpc) is 2.23. The summed E-state index contributed by atoms with van der Waals surface area (Å²) in [4.78, 5) is 3.97. The summed E-state index contributed by atoms with van der Waals surface area (Å²) in [7, 11) is 0. The summed E-state index contributed by atoms with van der Waals surface area (Å²) >= 11 is 0. The molecular formula is C11H11N3. The van der Waals surface area contributed by atoms with Gasteiger partial charge in [-0.25, -0.2) is 0 Å². The van der Waals surface area contributed by atoms with Crippen molar-refractivity contribution in [2.75, 3.05) is 0 Å². The molecule has 14 heavy (non-hydrogen) atoms. The molecule has 0 atom stereocenters. The van der Waals surface area contributed by atoms with E-state index in [1.165, 1.54) is 5.56 Å². The molecule has 0 saturated heterocycles. The van der Waals surface area contributed by atoms with Gasteiger partial charge >= 0.3 is 0 Å². The minimum Gasteiger partial charge on any atom is -0.265 e. The van der Waals surface area contributed by atoms with Crippen LogP contribution < -0.4 is 0 Å². The van der Waals surface area contributed by atoms with Gasteiger partial charge in [-0.1, -0.05) is 0 Å². The molecule has 0 N–H and O–H groups in total. The molecule has 0 spiro atoms. The number of nitrogens with zero attached hydrogens (tertiary/aromatic N) is 3. The molecule has 2 aromatic rings. The van der Waals surface area contributed by atoms with Crippen LogP contribution in [0.2, 0.25) is 0 Å². The van der Waals surface area contributed by atoms with Crippen molar-refractivity contribution in [3.05, 3.63) is 41.9 Å². The first kappa shape index (κ1) is 8.81. The molecule has 0 amide bonds. The molecule has 0 aliphatic carbocycles. The highest BCUT2D eigenvalue weighted by molar-refractivity contribution is 5.62. The zero-order chi connectivity index (χ0) is 9.97. The summed E-state index contributed by atoms with van der Waals surface area (Å²) in [6.07, 6.45) is 5.30. The molecule has 0 saturated carbocycles. The zero-order valence-corrected chi connectivity index (χ0v) is 8.23. The molecular weight excluding hydrogens is 174 g/mol. The normalized spacial score (nSPS) is 10.1. The van der Waals surface area contributed by atoms with Crippen LogP contribution in [0, 0.1) is 13.8 Å². The summed E-state index contributed by atoms with van der Waals surface area (Å²) < 4.78 is 0. The van der Waals surface area contributed by atoms with Crippen molar-refractivity contribution >= 4 is 0 Å². The lowest BCUT2D eigenvalue weighted by Gasteiger charge is -2.05. The quantitative estimate of drug-likeness (QED) is 0.683. The van der Waals surface area contributed by atoms with Crippen LogP contribution in [0.25, 0.3) is 11.3 Å². The maximum absolute atomic E-state index is 4.13. The van der Waals surface area contributed by atoms with E-state index in [2.05, 4.69) is 22.1 Å². The van der Waals surface area contributed by atoms with Gasteiger partial charge in [-0.05, 0) is 37.1 Å². The average molecular weight is 185 g/mol. The lowest BCUT2D eigenvalue weighted by Crippen LogP contribution is -1.94. The molecule has 0 aliphatic heterocycles. The second-order valence-electron chi connectivity index (χ2n) is 3.24. The number of rotatable bonds is 1. The van der Waals surface area contributed by atoms with Crippen LogP contribution in [0.3, 0.4) is 0 Å². The van der Waals surface area contributed by atoms with Gasteiger partial charge in [0.2, 0.25) is 0 Å². The topological polar surface area (TPSA) is 38.7 Å². The third kappa shape index (κ3) is 1.48. The van der Waals surface area contributed by atoms with Crippen LogP contribution >= 0.6 is 0 Å². The van der Waals surface area contributed by atoms with Crippen molar-refractivity contribution in [3.63, 3.8) is 0 Å². The predicted molar refractivity (Wildman–Crippen MR) is 54.7 cm³/mol. The molecule has 3 heteroatoms. The number of aryl methyl sites for hydroxylation is 1. The van der Waals surface area contributed by atoms with Gasteiger partial charge in [-0.2, -0.15) is 10.2 Å². The minimum absolute atomic E-state index is 0.937. The van der Waals surface area contributed by atoms with Crippen LogP contribution in [-0.4, -0.2) is 15.2 Å². The Kier molecular flexibility index (Phi) is 2.23. The SMILES string of the molecule is Cc1cnnc(-c2ccncc2)c1C. The van der Waals surface area contributed by atoms with Crippen LogP contribution in [0.5, 0.6) is 0 Å². The Balaban J connectivity index is 2.58. The van der Waals surface area contributed by atoms with Crippen molar-refractivity contribution in [1.29, 1.82) is 0 Å². The fraction of sp³-hybridized carbons (Fsp3) is 0.182. The Morgan fingerprint density at radius 3 is 2.50 bits per heavy atom. The molecule has 2 aromatic heterocycles.